The average molecular weight is 289 g/mol. The van der Waals surface area contributed by atoms with Crippen LogP contribution in [0.5, 0.6) is 0 Å². The number of carboxylic acid groups (broad SMARTS) is 1. The zero-order valence-electron chi connectivity index (χ0n) is 11.7. The van der Waals surface area contributed by atoms with Gasteiger partial charge in [-0.3, -0.25) is 0 Å². The SMILES string of the molecule is O=C(O)N1C[C@@H](c2ccccc2)N(C2CCNCC2)C1=O. The van der Waals surface area contributed by atoms with Gasteiger partial charge in [0, 0.05) is 6.04 Å². The molecule has 112 valence electrons. The molecule has 0 saturated carbocycles. The molecule has 0 radical (unpaired) electrons. The third-order valence-electron chi connectivity index (χ3n) is 4.26. The van der Waals surface area contributed by atoms with E-state index >= 15 is 0 Å². The summed E-state index contributed by atoms with van der Waals surface area (Å²) in [5, 5.41) is 12.5. The lowest BCUT2D eigenvalue weighted by molar-refractivity contribution is 0.140. The van der Waals surface area contributed by atoms with Gasteiger partial charge in [0.1, 0.15) is 0 Å². The van der Waals surface area contributed by atoms with E-state index in [1.165, 1.54) is 0 Å². The minimum absolute atomic E-state index is 0.105. The lowest BCUT2D eigenvalue weighted by atomic mass is 10.00. The molecule has 0 aliphatic carbocycles. The monoisotopic (exact) mass is 289 g/mol. The molecule has 1 aromatic carbocycles. The lowest BCUT2D eigenvalue weighted by Crippen LogP contribution is -2.46. The summed E-state index contributed by atoms with van der Waals surface area (Å²) in [6, 6.07) is 9.21. The summed E-state index contributed by atoms with van der Waals surface area (Å²) >= 11 is 0. The third kappa shape index (κ3) is 2.58. The number of hydrogen-bond acceptors (Lipinski definition) is 3. The first-order chi connectivity index (χ1) is 10.2. The minimum atomic E-state index is -1.17. The Bertz CT molecular complexity index is 528. The zero-order valence-corrected chi connectivity index (χ0v) is 11.7. The van der Waals surface area contributed by atoms with Crippen molar-refractivity contribution < 1.29 is 14.7 Å². The van der Waals surface area contributed by atoms with E-state index in [1.54, 1.807) is 4.90 Å². The van der Waals surface area contributed by atoms with Crippen LogP contribution in [0.2, 0.25) is 0 Å². The van der Waals surface area contributed by atoms with Crippen LogP contribution < -0.4 is 5.32 Å². The molecule has 6 heteroatoms. The molecule has 2 saturated heterocycles. The largest absolute Gasteiger partial charge is 0.465 e. The molecular formula is C15H19N3O3. The average Bonchev–Trinajstić information content (AvgIpc) is 2.87. The molecule has 2 fully saturated rings. The van der Waals surface area contributed by atoms with E-state index in [9.17, 15) is 14.7 Å². The van der Waals surface area contributed by atoms with Gasteiger partial charge in [0.15, 0.2) is 0 Å². The highest BCUT2D eigenvalue weighted by molar-refractivity contribution is 5.92. The van der Waals surface area contributed by atoms with Crippen LogP contribution in [0.25, 0.3) is 0 Å². The van der Waals surface area contributed by atoms with Crippen LogP contribution in [-0.2, 0) is 0 Å². The van der Waals surface area contributed by atoms with Gasteiger partial charge in [0.05, 0.1) is 12.6 Å². The van der Waals surface area contributed by atoms with Crippen LogP contribution in [0.3, 0.4) is 0 Å². The molecular weight excluding hydrogens is 270 g/mol. The van der Waals surface area contributed by atoms with Crippen molar-refractivity contribution in [3.05, 3.63) is 35.9 Å². The zero-order chi connectivity index (χ0) is 14.8. The Morgan fingerprint density at radius 1 is 1.19 bits per heavy atom. The van der Waals surface area contributed by atoms with Gasteiger partial charge in [0.2, 0.25) is 0 Å². The maximum Gasteiger partial charge on any atom is 0.415 e. The maximum atomic E-state index is 12.5. The molecule has 0 aromatic heterocycles. The van der Waals surface area contributed by atoms with Gasteiger partial charge in [-0.1, -0.05) is 30.3 Å². The topological polar surface area (TPSA) is 72.9 Å². The van der Waals surface area contributed by atoms with Crippen molar-refractivity contribution in [1.29, 1.82) is 0 Å². The number of rotatable bonds is 2. The summed E-state index contributed by atoms with van der Waals surface area (Å²) in [6.07, 6.45) is 0.558. The van der Waals surface area contributed by atoms with Gasteiger partial charge in [-0.2, -0.15) is 0 Å². The van der Waals surface area contributed by atoms with Crippen molar-refractivity contribution in [2.75, 3.05) is 19.6 Å². The number of amides is 3. The molecule has 3 rings (SSSR count). The van der Waals surface area contributed by atoms with E-state index in [0.29, 0.717) is 0 Å². The number of carbonyl (C=O) groups is 2. The molecule has 6 nitrogen and oxygen atoms in total. The van der Waals surface area contributed by atoms with E-state index in [-0.39, 0.29) is 24.7 Å². The van der Waals surface area contributed by atoms with Gasteiger partial charge in [-0.05, 0) is 31.5 Å². The van der Waals surface area contributed by atoms with Crippen molar-refractivity contribution in [3.8, 4) is 0 Å². The highest BCUT2D eigenvalue weighted by Gasteiger charge is 2.44. The Morgan fingerprint density at radius 3 is 2.48 bits per heavy atom. The predicted molar refractivity (Wildman–Crippen MR) is 77.0 cm³/mol. The fourth-order valence-electron chi connectivity index (χ4n) is 3.21. The Labute approximate surface area is 123 Å². The fraction of sp³-hybridized carbons (Fsp3) is 0.467. The van der Waals surface area contributed by atoms with Crippen LogP contribution in [0.15, 0.2) is 30.3 Å². The van der Waals surface area contributed by atoms with E-state index in [1.807, 2.05) is 30.3 Å². The van der Waals surface area contributed by atoms with Crippen molar-refractivity contribution in [2.24, 2.45) is 0 Å². The Hall–Kier alpha value is -2.08. The van der Waals surface area contributed by atoms with E-state index in [0.717, 1.165) is 36.4 Å². The number of carbonyl (C=O) groups excluding carboxylic acids is 1. The number of nitrogens with zero attached hydrogens (tertiary/aromatic N) is 2. The van der Waals surface area contributed by atoms with E-state index in [2.05, 4.69) is 5.32 Å². The molecule has 1 atom stereocenters. The fourth-order valence-corrected chi connectivity index (χ4v) is 3.21. The molecule has 0 bridgehead atoms. The summed E-state index contributed by atoms with van der Waals surface area (Å²) in [5.74, 6) is 0. The summed E-state index contributed by atoms with van der Waals surface area (Å²) in [7, 11) is 0. The van der Waals surface area contributed by atoms with Gasteiger partial charge >= 0.3 is 12.1 Å². The molecule has 2 N–H and O–H groups in total. The van der Waals surface area contributed by atoms with Gasteiger partial charge in [-0.15, -0.1) is 0 Å². The number of piperidine rings is 1. The minimum Gasteiger partial charge on any atom is -0.465 e. The lowest BCUT2D eigenvalue weighted by Gasteiger charge is -2.35. The molecule has 0 spiro atoms. The molecule has 3 amide bonds. The third-order valence-corrected chi connectivity index (χ3v) is 4.26. The highest BCUT2D eigenvalue weighted by Crippen LogP contribution is 2.33. The number of urea groups is 1. The molecule has 2 aliphatic heterocycles. The number of hydrogen-bond donors (Lipinski definition) is 2. The second kappa shape index (κ2) is 5.73. The molecule has 2 heterocycles. The quantitative estimate of drug-likeness (QED) is 0.872. The van der Waals surface area contributed by atoms with E-state index < -0.39 is 6.09 Å². The number of benzene rings is 1. The Kier molecular flexibility index (Phi) is 3.79. The van der Waals surface area contributed by atoms with Crippen molar-refractivity contribution in [2.45, 2.75) is 24.9 Å². The molecule has 21 heavy (non-hydrogen) atoms. The summed E-state index contributed by atoms with van der Waals surface area (Å²) in [4.78, 5) is 26.5. The standard InChI is InChI=1S/C15H19N3O3/c19-14-17(15(20)21)10-13(11-4-2-1-3-5-11)18(14)12-6-8-16-9-7-12/h1-5,12-13,16H,6-10H2,(H,20,21)/t13-/m0/s1. The van der Waals surface area contributed by atoms with Crippen LogP contribution in [0, 0.1) is 0 Å². The number of nitrogens with one attached hydrogen (secondary N) is 1. The molecule has 2 aliphatic rings. The van der Waals surface area contributed by atoms with Crippen molar-refractivity contribution in [3.63, 3.8) is 0 Å². The van der Waals surface area contributed by atoms with Gasteiger partial charge in [-0.25, -0.2) is 14.5 Å². The predicted octanol–water partition coefficient (Wildman–Crippen LogP) is 1.90. The normalized spacial score (nSPS) is 23.6. The summed E-state index contributed by atoms with van der Waals surface area (Å²) < 4.78 is 0. The van der Waals surface area contributed by atoms with E-state index in [4.69, 9.17) is 0 Å². The Morgan fingerprint density at radius 2 is 1.86 bits per heavy atom. The second-order valence-corrected chi connectivity index (χ2v) is 5.49. The first-order valence-electron chi connectivity index (χ1n) is 7.27. The summed E-state index contributed by atoms with van der Waals surface area (Å²) in [6.45, 7) is 1.94. The molecule has 1 aromatic rings. The Balaban J connectivity index is 1.91. The molecule has 0 unspecified atom stereocenters. The highest BCUT2D eigenvalue weighted by atomic mass is 16.4. The van der Waals surface area contributed by atoms with Gasteiger partial charge < -0.3 is 15.3 Å². The van der Waals surface area contributed by atoms with Gasteiger partial charge in [0.25, 0.3) is 0 Å². The van der Waals surface area contributed by atoms with Crippen LogP contribution >= 0.6 is 0 Å². The smallest absolute Gasteiger partial charge is 0.415 e. The number of imide groups is 1. The summed E-state index contributed by atoms with van der Waals surface area (Å²) in [5.41, 5.74) is 0.994. The van der Waals surface area contributed by atoms with Crippen LogP contribution in [0.1, 0.15) is 24.4 Å². The maximum absolute atomic E-state index is 12.5. The van der Waals surface area contributed by atoms with Crippen LogP contribution in [-0.4, -0.2) is 52.7 Å². The van der Waals surface area contributed by atoms with Crippen molar-refractivity contribution in [1.82, 2.24) is 15.1 Å². The van der Waals surface area contributed by atoms with Crippen molar-refractivity contribution >= 4 is 12.1 Å². The first kappa shape index (κ1) is 13.9. The second-order valence-electron chi connectivity index (χ2n) is 5.49. The van der Waals surface area contributed by atoms with Crippen LogP contribution in [0.4, 0.5) is 9.59 Å². The first-order valence-corrected chi connectivity index (χ1v) is 7.27.